The summed E-state index contributed by atoms with van der Waals surface area (Å²) in [6, 6.07) is 7.42. The maximum Gasteiger partial charge on any atom is 0.140 e. The predicted octanol–water partition coefficient (Wildman–Crippen LogP) is 3.14. The van der Waals surface area contributed by atoms with Crippen molar-refractivity contribution in [3.8, 4) is 11.5 Å². The van der Waals surface area contributed by atoms with E-state index in [4.69, 9.17) is 20.6 Å². The van der Waals surface area contributed by atoms with Gasteiger partial charge >= 0.3 is 0 Å². The molecule has 0 unspecified atom stereocenters. The van der Waals surface area contributed by atoms with Crippen LogP contribution in [-0.4, -0.2) is 17.9 Å². The summed E-state index contributed by atoms with van der Waals surface area (Å²) in [6.45, 7) is 4.42. The Morgan fingerprint density at radius 1 is 1.38 bits per heavy atom. The van der Waals surface area contributed by atoms with Gasteiger partial charge in [-0.1, -0.05) is 19.9 Å². The maximum absolute atomic E-state index is 7.62. The van der Waals surface area contributed by atoms with E-state index >= 15 is 0 Å². The van der Waals surface area contributed by atoms with Crippen LogP contribution in [0.15, 0.2) is 24.3 Å². The molecule has 1 aromatic carbocycles. The molecule has 0 saturated carbocycles. The van der Waals surface area contributed by atoms with Crippen LogP contribution >= 0.6 is 11.3 Å². The Labute approximate surface area is 128 Å². The minimum absolute atomic E-state index is 0.0591. The number of benzene rings is 1. The molecule has 2 aromatic rings. The van der Waals surface area contributed by atoms with Gasteiger partial charge in [0, 0.05) is 6.07 Å². The van der Waals surface area contributed by atoms with E-state index in [1.165, 1.54) is 11.3 Å². The summed E-state index contributed by atoms with van der Waals surface area (Å²) in [5.41, 5.74) is 6.47. The van der Waals surface area contributed by atoms with Gasteiger partial charge in [0.1, 0.15) is 28.9 Å². The molecule has 0 bridgehead atoms. The molecule has 6 heteroatoms. The Morgan fingerprint density at radius 3 is 2.67 bits per heavy atom. The van der Waals surface area contributed by atoms with Gasteiger partial charge in [0.15, 0.2) is 0 Å². The van der Waals surface area contributed by atoms with Crippen LogP contribution in [0, 0.1) is 5.41 Å². The fourth-order valence-corrected chi connectivity index (χ4v) is 2.85. The van der Waals surface area contributed by atoms with E-state index in [9.17, 15) is 0 Å². The maximum atomic E-state index is 7.62. The van der Waals surface area contributed by atoms with Gasteiger partial charge in [-0.2, -0.15) is 0 Å². The number of aromatic nitrogens is 1. The molecule has 0 aliphatic heterocycles. The summed E-state index contributed by atoms with van der Waals surface area (Å²) in [5, 5.41) is 8.43. The van der Waals surface area contributed by atoms with Gasteiger partial charge in [0.05, 0.1) is 17.7 Å². The van der Waals surface area contributed by atoms with Crippen LogP contribution in [-0.2, 0) is 6.61 Å². The Morgan fingerprint density at radius 2 is 2.10 bits per heavy atom. The summed E-state index contributed by atoms with van der Waals surface area (Å²) < 4.78 is 10.9. The monoisotopic (exact) mass is 305 g/mol. The fraction of sp³-hybridized carbons (Fsp3) is 0.333. The van der Waals surface area contributed by atoms with Crippen molar-refractivity contribution in [3.63, 3.8) is 0 Å². The lowest BCUT2D eigenvalue weighted by molar-refractivity contribution is 0.302. The summed E-state index contributed by atoms with van der Waals surface area (Å²) in [6.07, 6.45) is 0. The topological polar surface area (TPSA) is 81.2 Å². The van der Waals surface area contributed by atoms with E-state index in [0.29, 0.717) is 6.61 Å². The van der Waals surface area contributed by atoms with Crippen LogP contribution in [0.2, 0.25) is 0 Å². The van der Waals surface area contributed by atoms with E-state index in [1.807, 2.05) is 38.1 Å². The second kappa shape index (κ2) is 6.58. The molecule has 1 heterocycles. The van der Waals surface area contributed by atoms with Gasteiger partial charge in [0.25, 0.3) is 0 Å². The summed E-state index contributed by atoms with van der Waals surface area (Å²) in [7, 11) is 1.62. The van der Waals surface area contributed by atoms with E-state index in [2.05, 4.69) is 4.98 Å². The highest BCUT2D eigenvalue weighted by molar-refractivity contribution is 7.13. The van der Waals surface area contributed by atoms with E-state index in [0.717, 1.165) is 27.1 Å². The second-order valence-corrected chi connectivity index (χ2v) is 5.94. The lowest BCUT2D eigenvalue weighted by Crippen LogP contribution is -2.12. The van der Waals surface area contributed by atoms with Crippen LogP contribution < -0.4 is 15.2 Å². The molecule has 0 radical (unpaired) electrons. The Kier molecular flexibility index (Phi) is 4.80. The zero-order valence-corrected chi connectivity index (χ0v) is 13.2. The van der Waals surface area contributed by atoms with Crippen molar-refractivity contribution >= 4 is 17.2 Å². The normalized spacial score (nSPS) is 10.7. The highest BCUT2D eigenvalue weighted by Crippen LogP contribution is 2.26. The lowest BCUT2D eigenvalue weighted by Gasteiger charge is -2.05. The van der Waals surface area contributed by atoms with E-state index < -0.39 is 0 Å². The third-order valence-corrected chi connectivity index (χ3v) is 3.97. The second-order valence-electron chi connectivity index (χ2n) is 4.86. The van der Waals surface area contributed by atoms with Crippen LogP contribution in [0.25, 0.3) is 0 Å². The molecule has 3 N–H and O–H groups in total. The molecule has 0 aliphatic rings. The van der Waals surface area contributed by atoms with Crippen LogP contribution in [0.3, 0.4) is 0 Å². The lowest BCUT2D eigenvalue weighted by atomic mass is 10.1. The zero-order chi connectivity index (χ0) is 15.4. The molecule has 5 nitrogen and oxygen atoms in total. The minimum Gasteiger partial charge on any atom is -0.497 e. The van der Waals surface area contributed by atoms with Crippen molar-refractivity contribution in [2.45, 2.75) is 26.4 Å². The first-order valence-corrected chi connectivity index (χ1v) is 7.43. The van der Waals surface area contributed by atoms with Crippen molar-refractivity contribution in [3.05, 3.63) is 39.8 Å². The molecule has 21 heavy (non-hydrogen) atoms. The molecule has 0 aliphatic carbocycles. The number of thiazole rings is 1. The zero-order valence-electron chi connectivity index (χ0n) is 12.3. The van der Waals surface area contributed by atoms with Gasteiger partial charge < -0.3 is 15.2 Å². The quantitative estimate of drug-likeness (QED) is 0.634. The molecular weight excluding hydrogens is 286 g/mol. The highest BCUT2D eigenvalue weighted by atomic mass is 32.1. The molecule has 0 fully saturated rings. The van der Waals surface area contributed by atoms with Gasteiger partial charge in [-0.25, -0.2) is 4.98 Å². The summed E-state index contributed by atoms with van der Waals surface area (Å²) in [4.78, 5) is 5.26. The number of methoxy groups -OCH3 is 1. The van der Waals surface area contributed by atoms with Crippen LogP contribution in [0.4, 0.5) is 0 Å². The minimum atomic E-state index is 0.0591. The Balaban J connectivity index is 2.12. The van der Waals surface area contributed by atoms with Gasteiger partial charge in [0.2, 0.25) is 0 Å². The van der Waals surface area contributed by atoms with Gasteiger partial charge in [-0.05, 0) is 18.1 Å². The van der Waals surface area contributed by atoms with Crippen molar-refractivity contribution in [2.75, 3.05) is 7.11 Å². The van der Waals surface area contributed by atoms with Crippen LogP contribution in [0.5, 0.6) is 11.5 Å². The number of amidine groups is 1. The first-order chi connectivity index (χ1) is 10.0. The molecule has 0 saturated heterocycles. The smallest absolute Gasteiger partial charge is 0.140 e. The number of nitrogens with two attached hydrogens (primary N) is 1. The molecule has 0 amide bonds. The molecule has 0 atom stereocenters. The number of ether oxygens (including phenoxy) is 2. The van der Waals surface area contributed by atoms with Crippen molar-refractivity contribution in [2.24, 2.45) is 5.73 Å². The first kappa shape index (κ1) is 15.3. The largest absolute Gasteiger partial charge is 0.497 e. The van der Waals surface area contributed by atoms with Gasteiger partial charge in [-0.15, -0.1) is 11.3 Å². The molecule has 112 valence electrons. The third kappa shape index (κ3) is 3.72. The SMILES string of the molecule is COc1cccc(OCc2nc(C(C)C)c(C(=N)N)s2)c1. The molecule has 2 rings (SSSR count). The number of nitrogens with one attached hydrogen (secondary N) is 1. The Bertz CT molecular complexity index is 638. The van der Waals surface area contributed by atoms with E-state index in [-0.39, 0.29) is 11.8 Å². The van der Waals surface area contributed by atoms with Crippen molar-refractivity contribution in [1.82, 2.24) is 4.98 Å². The first-order valence-electron chi connectivity index (χ1n) is 6.62. The van der Waals surface area contributed by atoms with Gasteiger partial charge in [-0.3, -0.25) is 5.41 Å². The summed E-state index contributed by atoms with van der Waals surface area (Å²) >= 11 is 1.41. The number of hydrogen-bond acceptors (Lipinski definition) is 5. The predicted molar refractivity (Wildman–Crippen MR) is 84.5 cm³/mol. The average molecular weight is 305 g/mol. The molecule has 0 spiro atoms. The number of hydrogen-bond donors (Lipinski definition) is 2. The molecular formula is C15H19N3O2S. The summed E-state index contributed by atoms with van der Waals surface area (Å²) in [5.74, 6) is 1.76. The third-order valence-electron chi connectivity index (χ3n) is 2.89. The standard InChI is InChI=1S/C15H19N3O2S/c1-9(2)13-14(15(16)17)21-12(18-13)8-20-11-6-4-5-10(7-11)19-3/h4-7,9H,8H2,1-3H3,(H3,16,17). The van der Waals surface area contributed by atoms with E-state index in [1.54, 1.807) is 7.11 Å². The Hall–Kier alpha value is -2.08. The number of nitrogen functional groups attached to an aromatic ring is 1. The molecule has 1 aromatic heterocycles. The highest BCUT2D eigenvalue weighted by Gasteiger charge is 2.16. The number of nitrogens with zero attached hydrogens (tertiary/aromatic N) is 1. The average Bonchev–Trinajstić information content (AvgIpc) is 2.90. The fourth-order valence-electron chi connectivity index (χ4n) is 1.86. The number of rotatable bonds is 6. The van der Waals surface area contributed by atoms with Crippen molar-refractivity contribution in [1.29, 1.82) is 5.41 Å². The van der Waals surface area contributed by atoms with Crippen molar-refractivity contribution < 1.29 is 9.47 Å². The van der Waals surface area contributed by atoms with Crippen LogP contribution in [0.1, 0.15) is 35.3 Å².